The average Bonchev–Trinajstić information content (AvgIpc) is 3.26. The Morgan fingerprint density at radius 1 is 1.29 bits per heavy atom. The maximum Gasteiger partial charge on any atom is 0.244 e. The lowest BCUT2D eigenvalue weighted by Gasteiger charge is -2.02. The third-order valence-corrected chi connectivity index (χ3v) is 3.52. The Hall–Kier alpha value is -2.36. The molecule has 2 aromatic rings. The Kier molecular flexibility index (Phi) is 4.15. The summed E-state index contributed by atoms with van der Waals surface area (Å²) in [6, 6.07) is 11.9. The largest absolute Gasteiger partial charge is 0.351 e. The van der Waals surface area contributed by atoms with E-state index >= 15 is 0 Å². The van der Waals surface area contributed by atoms with Crippen molar-refractivity contribution >= 4 is 12.0 Å². The zero-order valence-corrected chi connectivity index (χ0v) is 11.9. The minimum absolute atomic E-state index is 0.0755. The lowest BCUT2D eigenvalue weighted by molar-refractivity contribution is -0.116. The second-order valence-corrected chi connectivity index (χ2v) is 5.31. The summed E-state index contributed by atoms with van der Waals surface area (Å²) in [6.45, 7) is 1.29. The van der Waals surface area contributed by atoms with Gasteiger partial charge in [-0.2, -0.15) is 5.10 Å². The van der Waals surface area contributed by atoms with Crippen LogP contribution in [0.1, 0.15) is 30.0 Å². The van der Waals surface area contributed by atoms with Crippen molar-refractivity contribution in [2.75, 3.05) is 6.54 Å². The Morgan fingerprint density at radius 3 is 2.86 bits per heavy atom. The number of carbonyl (C=O) groups is 1. The van der Waals surface area contributed by atoms with Crippen LogP contribution in [0.15, 0.2) is 48.7 Å². The smallest absolute Gasteiger partial charge is 0.244 e. The molecule has 4 nitrogen and oxygen atoms in total. The first kappa shape index (κ1) is 13.6. The number of hydrogen-bond acceptors (Lipinski definition) is 2. The molecule has 0 aliphatic heterocycles. The van der Waals surface area contributed by atoms with Gasteiger partial charge in [-0.1, -0.05) is 30.3 Å². The number of nitrogens with zero attached hydrogens (tertiary/aromatic N) is 2. The quantitative estimate of drug-likeness (QED) is 0.827. The molecule has 1 N–H and O–H groups in total. The van der Waals surface area contributed by atoms with Crippen LogP contribution >= 0.6 is 0 Å². The van der Waals surface area contributed by atoms with Crippen LogP contribution in [0.4, 0.5) is 0 Å². The minimum Gasteiger partial charge on any atom is -0.351 e. The molecule has 1 aromatic heterocycles. The molecule has 0 saturated heterocycles. The first-order valence-corrected chi connectivity index (χ1v) is 7.35. The monoisotopic (exact) mass is 281 g/mol. The molecule has 1 saturated carbocycles. The van der Waals surface area contributed by atoms with Crippen molar-refractivity contribution in [1.29, 1.82) is 0 Å². The fraction of sp³-hybridized carbons (Fsp3) is 0.294. The zero-order valence-electron chi connectivity index (χ0n) is 11.9. The highest BCUT2D eigenvalue weighted by atomic mass is 16.1. The molecule has 108 valence electrons. The Morgan fingerprint density at radius 2 is 2.10 bits per heavy atom. The van der Waals surface area contributed by atoms with E-state index in [4.69, 9.17) is 0 Å². The van der Waals surface area contributed by atoms with Gasteiger partial charge in [0.05, 0.1) is 12.2 Å². The molecule has 0 unspecified atom stereocenters. The van der Waals surface area contributed by atoms with Gasteiger partial charge >= 0.3 is 0 Å². The Labute approximate surface area is 124 Å². The summed E-state index contributed by atoms with van der Waals surface area (Å²) >= 11 is 0. The van der Waals surface area contributed by atoms with Gasteiger partial charge in [-0.25, -0.2) is 0 Å². The number of rotatable bonds is 6. The van der Waals surface area contributed by atoms with Crippen LogP contribution in [-0.4, -0.2) is 22.2 Å². The van der Waals surface area contributed by atoms with E-state index in [1.807, 2.05) is 47.3 Å². The molecule has 4 heteroatoms. The summed E-state index contributed by atoms with van der Waals surface area (Å²) < 4.78 is 1.90. The summed E-state index contributed by atoms with van der Waals surface area (Å²) in [5.74, 6) is 0.600. The van der Waals surface area contributed by atoms with Gasteiger partial charge in [-0.05, 0) is 30.5 Å². The van der Waals surface area contributed by atoms with E-state index in [9.17, 15) is 4.79 Å². The lowest BCUT2D eigenvalue weighted by Crippen LogP contribution is -2.25. The summed E-state index contributed by atoms with van der Waals surface area (Å²) in [5, 5.41) is 7.38. The van der Waals surface area contributed by atoms with Crippen LogP contribution in [0, 0.1) is 0 Å². The molecule has 0 bridgehead atoms. The maximum atomic E-state index is 11.7. The van der Waals surface area contributed by atoms with Gasteiger partial charge in [0.15, 0.2) is 0 Å². The van der Waals surface area contributed by atoms with Crippen LogP contribution in [0.2, 0.25) is 0 Å². The standard InChI is InChI=1S/C17H19N3O/c21-17(9-6-14-4-2-1-3-5-14)18-11-13-20-12-10-16(19-20)15-7-8-15/h1-6,9-10,12,15H,7-8,11,13H2,(H,18,21). The molecule has 1 fully saturated rings. The van der Waals surface area contributed by atoms with Crippen molar-refractivity contribution in [3.05, 3.63) is 59.9 Å². The van der Waals surface area contributed by atoms with Crippen molar-refractivity contribution in [2.24, 2.45) is 0 Å². The molecule has 1 heterocycles. The van der Waals surface area contributed by atoms with E-state index in [1.54, 1.807) is 6.08 Å². The topological polar surface area (TPSA) is 46.9 Å². The summed E-state index contributed by atoms with van der Waals surface area (Å²) in [4.78, 5) is 11.7. The average molecular weight is 281 g/mol. The fourth-order valence-electron chi connectivity index (χ4n) is 2.19. The van der Waals surface area contributed by atoms with Crippen LogP contribution in [0.5, 0.6) is 0 Å². The molecule has 1 aliphatic rings. The summed E-state index contributed by atoms with van der Waals surface area (Å²) in [6.07, 6.45) is 7.89. The second kappa shape index (κ2) is 6.39. The van der Waals surface area contributed by atoms with Gasteiger partial charge in [0.25, 0.3) is 0 Å². The molecule has 3 rings (SSSR count). The Bertz CT molecular complexity index is 626. The van der Waals surface area contributed by atoms with Gasteiger partial charge in [0, 0.05) is 24.7 Å². The number of aromatic nitrogens is 2. The highest BCUT2D eigenvalue weighted by Crippen LogP contribution is 2.38. The van der Waals surface area contributed by atoms with Crippen molar-refractivity contribution in [3.63, 3.8) is 0 Å². The van der Waals surface area contributed by atoms with Gasteiger partial charge in [-0.15, -0.1) is 0 Å². The van der Waals surface area contributed by atoms with Crippen molar-refractivity contribution in [3.8, 4) is 0 Å². The van der Waals surface area contributed by atoms with Crippen LogP contribution in [-0.2, 0) is 11.3 Å². The van der Waals surface area contributed by atoms with E-state index < -0.39 is 0 Å². The number of benzene rings is 1. The predicted molar refractivity (Wildman–Crippen MR) is 82.7 cm³/mol. The molecule has 0 spiro atoms. The van der Waals surface area contributed by atoms with Crippen LogP contribution < -0.4 is 5.32 Å². The molecule has 0 atom stereocenters. The first-order chi connectivity index (χ1) is 10.3. The molecule has 1 aromatic carbocycles. The molecular weight excluding hydrogens is 262 g/mol. The highest BCUT2D eigenvalue weighted by Gasteiger charge is 2.25. The first-order valence-electron chi connectivity index (χ1n) is 7.35. The molecule has 21 heavy (non-hydrogen) atoms. The van der Waals surface area contributed by atoms with E-state index in [-0.39, 0.29) is 5.91 Å². The van der Waals surface area contributed by atoms with Crippen molar-refractivity contribution in [1.82, 2.24) is 15.1 Å². The number of amides is 1. The maximum absolute atomic E-state index is 11.7. The zero-order chi connectivity index (χ0) is 14.5. The molecule has 0 radical (unpaired) electrons. The van der Waals surface area contributed by atoms with E-state index in [1.165, 1.54) is 18.5 Å². The number of nitrogens with one attached hydrogen (secondary N) is 1. The predicted octanol–water partition coefficient (Wildman–Crippen LogP) is 2.59. The molecule has 1 aliphatic carbocycles. The second-order valence-electron chi connectivity index (χ2n) is 5.31. The third kappa shape index (κ3) is 4.05. The SMILES string of the molecule is O=C(C=Cc1ccccc1)NCCn1ccc(C2CC2)n1. The minimum atomic E-state index is -0.0755. The van der Waals surface area contributed by atoms with Crippen molar-refractivity contribution < 1.29 is 4.79 Å². The summed E-state index contributed by atoms with van der Waals surface area (Å²) in [7, 11) is 0. The van der Waals surface area contributed by atoms with Gasteiger partial charge < -0.3 is 5.32 Å². The highest BCUT2D eigenvalue weighted by molar-refractivity contribution is 5.91. The van der Waals surface area contributed by atoms with Crippen molar-refractivity contribution in [2.45, 2.75) is 25.3 Å². The Balaban J connectivity index is 1.42. The van der Waals surface area contributed by atoms with Gasteiger partial charge in [-0.3, -0.25) is 9.48 Å². The van der Waals surface area contributed by atoms with Crippen LogP contribution in [0.25, 0.3) is 6.08 Å². The lowest BCUT2D eigenvalue weighted by atomic mass is 10.2. The molecule has 1 amide bonds. The number of hydrogen-bond donors (Lipinski definition) is 1. The number of carbonyl (C=O) groups excluding carboxylic acids is 1. The van der Waals surface area contributed by atoms with E-state index in [0.717, 1.165) is 5.56 Å². The van der Waals surface area contributed by atoms with Gasteiger partial charge in [0.2, 0.25) is 5.91 Å². The fourth-order valence-corrected chi connectivity index (χ4v) is 2.19. The van der Waals surface area contributed by atoms with Gasteiger partial charge in [0.1, 0.15) is 0 Å². The van der Waals surface area contributed by atoms with Crippen LogP contribution in [0.3, 0.4) is 0 Å². The normalized spacial score (nSPS) is 14.5. The van der Waals surface area contributed by atoms with E-state index in [0.29, 0.717) is 19.0 Å². The summed E-state index contributed by atoms with van der Waals surface area (Å²) in [5.41, 5.74) is 2.21. The third-order valence-electron chi connectivity index (χ3n) is 3.52. The molecular formula is C17H19N3O. The van der Waals surface area contributed by atoms with E-state index in [2.05, 4.69) is 16.5 Å².